The highest BCUT2D eigenvalue weighted by Crippen LogP contribution is 2.34. The number of hydrogen-bond acceptors (Lipinski definition) is 6. The van der Waals surface area contributed by atoms with E-state index >= 15 is 0 Å². The number of nitrogen functional groups attached to an aromatic ring is 2. The second-order valence-electron chi connectivity index (χ2n) is 5.81. The summed E-state index contributed by atoms with van der Waals surface area (Å²) in [5.41, 5.74) is 15.1. The average Bonchev–Trinajstić information content (AvgIpc) is 3.01. The molecule has 0 radical (unpaired) electrons. The van der Waals surface area contributed by atoms with Crippen molar-refractivity contribution in [2.75, 3.05) is 18.6 Å². The molecule has 25 heavy (non-hydrogen) atoms. The molecule has 3 rings (SSSR count). The molecule has 0 unspecified atom stereocenters. The summed E-state index contributed by atoms with van der Waals surface area (Å²) in [6.07, 6.45) is 6.78. The second kappa shape index (κ2) is 7.25. The molecule has 6 heteroatoms. The van der Waals surface area contributed by atoms with E-state index in [-0.39, 0.29) is 5.95 Å². The summed E-state index contributed by atoms with van der Waals surface area (Å²) < 4.78 is 11.0. The van der Waals surface area contributed by atoms with Crippen LogP contribution in [0, 0.1) is 0 Å². The fraction of sp³-hybridized carbons (Fsp3) is 0.263. The first kappa shape index (κ1) is 16.8. The SMILES string of the molecule is CCCC/C(=C\c1coc2nc(N)nc(N)c12)c1ccccc1OC. The zero-order valence-electron chi connectivity index (χ0n) is 14.5. The van der Waals surface area contributed by atoms with Crippen LogP contribution in [0.3, 0.4) is 0 Å². The molecule has 0 aliphatic heterocycles. The van der Waals surface area contributed by atoms with Gasteiger partial charge in [0.1, 0.15) is 17.8 Å². The van der Waals surface area contributed by atoms with Crippen molar-refractivity contribution in [2.45, 2.75) is 26.2 Å². The number of rotatable bonds is 6. The largest absolute Gasteiger partial charge is 0.496 e. The summed E-state index contributed by atoms with van der Waals surface area (Å²) in [7, 11) is 1.68. The number of allylic oxidation sites excluding steroid dienone is 1. The third-order valence-electron chi connectivity index (χ3n) is 4.09. The lowest BCUT2D eigenvalue weighted by Crippen LogP contribution is -1.99. The molecule has 130 valence electrons. The Hall–Kier alpha value is -3.02. The van der Waals surface area contributed by atoms with Crippen molar-refractivity contribution in [1.29, 1.82) is 0 Å². The number of aromatic nitrogens is 2. The molecule has 6 nitrogen and oxygen atoms in total. The quantitative estimate of drug-likeness (QED) is 0.701. The van der Waals surface area contributed by atoms with Crippen molar-refractivity contribution >= 4 is 34.5 Å². The van der Waals surface area contributed by atoms with Crippen molar-refractivity contribution in [3.8, 4) is 5.75 Å². The molecule has 4 N–H and O–H groups in total. The van der Waals surface area contributed by atoms with Crippen molar-refractivity contribution in [2.24, 2.45) is 0 Å². The van der Waals surface area contributed by atoms with Crippen LogP contribution >= 0.6 is 0 Å². The van der Waals surface area contributed by atoms with E-state index < -0.39 is 0 Å². The van der Waals surface area contributed by atoms with Gasteiger partial charge in [-0.3, -0.25) is 0 Å². The molecule has 0 saturated heterocycles. The van der Waals surface area contributed by atoms with Gasteiger partial charge in [0.15, 0.2) is 0 Å². The van der Waals surface area contributed by atoms with Crippen LogP contribution in [-0.2, 0) is 0 Å². The summed E-state index contributed by atoms with van der Waals surface area (Å²) in [4.78, 5) is 8.14. The van der Waals surface area contributed by atoms with E-state index in [1.165, 1.54) is 0 Å². The van der Waals surface area contributed by atoms with Gasteiger partial charge in [0.05, 0.1) is 12.5 Å². The van der Waals surface area contributed by atoms with Gasteiger partial charge in [0.2, 0.25) is 11.7 Å². The fourth-order valence-electron chi connectivity index (χ4n) is 2.86. The molecule has 1 aromatic carbocycles. The Morgan fingerprint density at radius 3 is 2.80 bits per heavy atom. The predicted octanol–water partition coefficient (Wildman–Crippen LogP) is 4.13. The van der Waals surface area contributed by atoms with Crippen molar-refractivity contribution in [3.05, 3.63) is 41.7 Å². The standard InChI is InChI=1S/C19H22N4O2/c1-3-4-7-12(14-8-5-6-9-15(14)24-2)10-13-11-25-18-16(13)17(20)22-19(21)23-18/h5-6,8-11H,3-4,7H2,1-2H3,(H4,20,21,22,23)/b12-10+. The molecular weight excluding hydrogens is 316 g/mol. The maximum atomic E-state index is 6.03. The van der Waals surface area contributed by atoms with Crippen molar-refractivity contribution in [3.63, 3.8) is 0 Å². The van der Waals surface area contributed by atoms with Crippen LogP contribution in [-0.4, -0.2) is 17.1 Å². The smallest absolute Gasteiger partial charge is 0.233 e. The number of benzene rings is 1. The Kier molecular flexibility index (Phi) is 4.88. The number of methoxy groups -OCH3 is 1. The van der Waals surface area contributed by atoms with Crippen LogP contribution in [0.15, 0.2) is 34.9 Å². The van der Waals surface area contributed by atoms with Gasteiger partial charge in [-0.25, -0.2) is 0 Å². The molecule has 0 aliphatic rings. The van der Waals surface area contributed by atoms with E-state index in [1.807, 2.05) is 18.2 Å². The van der Waals surface area contributed by atoms with E-state index in [9.17, 15) is 0 Å². The zero-order valence-corrected chi connectivity index (χ0v) is 14.5. The lowest BCUT2D eigenvalue weighted by atomic mass is 9.97. The molecule has 2 aromatic heterocycles. The monoisotopic (exact) mass is 338 g/mol. The highest BCUT2D eigenvalue weighted by Gasteiger charge is 2.14. The first-order valence-electron chi connectivity index (χ1n) is 8.28. The summed E-state index contributed by atoms with van der Waals surface area (Å²) >= 11 is 0. The van der Waals surface area contributed by atoms with Crippen LogP contribution in [0.1, 0.15) is 37.3 Å². The lowest BCUT2D eigenvalue weighted by molar-refractivity contribution is 0.413. The molecule has 0 amide bonds. The van der Waals surface area contributed by atoms with Crippen LogP contribution in [0.25, 0.3) is 22.7 Å². The van der Waals surface area contributed by atoms with E-state index in [0.29, 0.717) is 16.9 Å². The molecule has 0 saturated carbocycles. The highest BCUT2D eigenvalue weighted by atomic mass is 16.5. The minimum Gasteiger partial charge on any atom is -0.496 e. The Balaban J connectivity index is 2.14. The predicted molar refractivity (Wildman–Crippen MR) is 101 cm³/mol. The molecule has 2 heterocycles. The summed E-state index contributed by atoms with van der Waals surface area (Å²) in [5, 5.41) is 0.679. The molecule has 3 aromatic rings. The third kappa shape index (κ3) is 3.42. The van der Waals surface area contributed by atoms with Gasteiger partial charge in [-0.15, -0.1) is 0 Å². The molecule has 0 aliphatic carbocycles. The van der Waals surface area contributed by atoms with Gasteiger partial charge < -0.3 is 20.6 Å². The normalized spacial score (nSPS) is 11.8. The third-order valence-corrected chi connectivity index (χ3v) is 4.09. The summed E-state index contributed by atoms with van der Waals surface area (Å²) in [5.74, 6) is 1.26. The number of nitrogens with zero attached hydrogens (tertiary/aromatic N) is 2. The molecule has 0 bridgehead atoms. The molecule has 0 spiro atoms. The first-order chi connectivity index (χ1) is 12.1. The topological polar surface area (TPSA) is 100 Å². The number of hydrogen-bond donors (Lipinski definition) is 2. The Labute approximate surface area is 146 Å². The molecule has 0 atom stereocenters. The van der Waals surface area contributed by atoms with E-state index in [4.69, 9.17) is 20.6 Å². The Morgan fingerprint density at radius 1 is 1.24 bits per heavy atom. The van der Waals surface area contributed by atoms with Gasteiger partial charge in [0.25, 0.3) is 0 Å². The van der Waals surface area contributed by atoms with E-state index in [2.05, 4.69) is 29.0 Å². The van der Waals surface area contributed by atoms with E-state index in [0.717, 1.165) is 41.7 Å². The average molecular weight is 338 g/mol. The Morgan fingerprint density at radius 2 is 2.04 bits per heavy atom. The van der Waals surface area contributed by atoms with Crippen LogP contribution in [0.4, 0.5) is 11.8 Å². The number of para-hydroxylation sites is 1. The minimum atomic E-state index is 0.103. The van der Waals surface area contributed by atoms with Crippen LogP contribution in [0.5, 0.6) is 5.75 Å². The number of furan rings is 1. The first-order valence-corrected chi connectivity index (χ1v) is 8.28. The number of anilines is 2. The van der Waals surface area contributed by atoms with Gasteiger partial charge >= 0.3 is 0 Å². The lowest BCUT2D eigenvalue weighted by Gasteiger charge is -2.12. The summed E-state index contributed by atoms with van der Waals surface area (Å²) in [6.45, 7) is 2.17. The number of nitrogens with two attached hydrogens (primary N) is 2. The minimum absolute atomic E-state index is 0.103. The van der Waals surface area contributed by atoms with Crippen LogP contribution in [0.2, 0.25) is 0 Å². The van der Waals surface area contributed by atoms with Gasteiger partial charge in [-0.05, 0) is 30.6 Å². The summed E-state index contributed by atoms with van der Waals surface area (Å²) in [6, 6.07) is 7.98. The molecule has 0 fully saturated rings. The second-order valence-corrected chi connectivity index (χ2v) is 5.81. The maximum absolute atomic E-state index is 6.03. The fourth-order valence-corrected chi connectivity index (χ4v) is 2.86. The van der Waals surface area contributed by atoms with Crippen molar-refractivity contribution < 1.29 is 9.15 Å². The van der Waals surface area contributed by atoms with E-state index in [1.54, 1.807) is 13.4 Å². The van der Waals surface area contributed by atoms with Gasteiger partial charge in [-0.2, -0.15) is 9.97 Å². The van der Waals surface area contributed by atoms with Crippen LogP contribution < -0.4 is 16.2 Å². The van der Waals surface area contributed by atoms with Gasteiger partial charge in [-0.1, -0.05) is 31.5 Å². The van der Waals surface area contributed by atoms with Gasteiger partial charge in [0, 0.05) is 11.1 Å². The number of ether oxygens (including phenoxy) is 1. The highest BCUT2D eigenvalue weighted by molar-refractivity contribution is 5.98. The zero-order chi connectivity index (χ0) is 17.8. The number of unbranched alkanes of at least 4 members (excludes halogenated alkanes) is 1. The molecular formula is C19H22N4O2. The Bertz CT molecular complexity index is 915. The van der Waals surface area contributed by atoms with Crippen molar-refractivity contribution in [1.82, 2.24) is 9.97 Å². The maximum Gasteiger partial charge on any atom is 0.233 e. The number of fused-ring (bicyclic) bond motifs is 1.